The number of para-hydroxylation sites is 1. The van der Waals surface area contributed by atoms with Crippen LogP contribution in [0.5, 0.6) is 0 Å². The molecule has 0 spiro atoms. The number of sulfonamides is 1. The van der Waals surface area contributed by atoms with Crippen molar-refractivity contribution in [3.05, 3.63) is 42.5 Å². The molecule has 1 aromatic heterocycles. The smallest absolute Gasteiger partial charge is 0.317 e. The molecule has 2 N–H and O–H groups in total. The van der Waals surface area contributed by atoms with Crippen LogP contribution in [0.1, 0.15) is 19.8 Å². The van der Waals surface area contributed by atoms with Crippen molar-refractivity contribution in [1.82, 2.24) is 19.4 Å². The minimum Gasteiger partial charge on any atom is -0.480 e. The van der Waals surface area contributed by atoms with Crippen molar-refractivity contribution in [2.24, 2.45) is 0 Å². The van der Waals surface area contributed by atoms with Gasteiger partial charge in [-0.15, -0.1) is 0 Å². The first-order chi connectivity index (χ1) is 12.8. The quantitative estimate of drug-likeness (QED) is 0.695. The highest BCUT2D eigenvalue weighted by molar-refractivity contribution is 7.89. The van der Waals surface area contributed by atoms with Gasteiger partial charge in [-0.3, -0.25) is 9.69 Å². The van der Waals surface area contributed by atoms with Crippen LogP contribution < -0.4 is 4.72 Å². The Hall–Kier alpha value is -2.30. The van der Waals surface area contributed by atoms with Gasteiger partial charge in [-0.2, -0.15) is 5.10 Å². The molecule has 0 amide bonds. The van der Waals surface area contributed by atoms with Gasteiger partial charge in [0.15, 0.2) is 0 Å². The number of aliphatic carboxylic acids is 1. The molecule has 10 heteroatoms. The third kappa shape index (κ3) is 4.34. The highest BCUT2D eigenvalue weighted by Crippen LogP contribution is 2.27. The van der Waals surface area contributed by atoms with Crippen LogP contribution >= 0.6 is 0 Å². The molecule has 146 valence electrons. The van der Waals surface area contributed by atoms with Crippen LogP contribution in [0, 0.1) is 5.82 Å². The zero-order valence-corrected chi connectivity index (χ0v) is 15.6. The number of halogens is 1. The van der Waals surface area contributed by atoms with E-state index in [1.807, 2.05) is 11.8 Å². The zero-order valence-electron chi connectivity index (χ0n) is 14.7. The van der Waals surface area contributed by atoms with Gasteiger partial charge in [0.2, 0.25) is 10.0 Å². The van der Waals surface area contributed by atoms with Gasteiger partial charge in [-0.05, 0) is 31.5 Å². The topological polar surface area (TPSA) is 105 Å². The van der Waals surface area contributed by atoms with E-state index < -0.39 is 21.8 Å². The summed E-state index contributed by atoms with van der Waals surface area (Å²) in [5.74, 6) is -1.40. The van der Waals surface area contributed by atoms with Gasteiger partial charge in [-0.1, -0.05) is 19.1 Å². The van der Waals surface area contributed by atoms with E-state index in [9.17, 15) is 17.6 Å². The molecule has 3 rings (SSSR count). The normalized spacial score (nSPS) is 19.8. The van der Waals surface area contributed by atoms with Crippen molar-refractivity contribution in [2.75, 3.05) is 13.1 Å². The van der Waals surface area contributed by atoms with Gasteiger partial charge in [0, 0.05) is 12.1 Å². The molecule has 1 heterocycles. The predicted molar refractivity (Wildman–Crippen MR) is 95.5 cm³/mol. The van der Waals surface area contributed by atoms with E-state index >= 15 is 0 Å². The molecule has 0 bridgehead atoms. The first kappa shape index (κ1) is 19.5. The van der Waals surface area contributed by atoms with Gasteiger partial charge < -0.3 is 5.11 Å². The second-order valence-electron chi connectivity index (χ2n) is 6.47. The van der Waals surface area contributed by atoms with Gasteiger partial charge in [0.05, 0.1) is 18.9 Å². The SMILES string of the molecule is CCN(CC(=O)O)C1CC(NS(=O)(=O)c2cnn(-c3ccccc3F)c2)C1. The van der Waals surface area contributed by atoms with Crippen molar-refractivity contribution in [3.63, 3.8) is 0 Å². The average Bonchev–Trinajstić information content (AvgIpc) is 3.07. The summed E-state index contributed by atoms with van der Waals surface area (Å²) >= 11 is 0. The molecule has 0 saturated heterocycles. The Labute approximate surface area is 156 Å². The summed E-state index contributed by atoms with van der Waals surface area (Å²) < 4.78 is 42.7. The van der Waals surface area contributed by atoms with E-state index in [0.29, 0.717) is 19.4 Å². The van der Waals surface area contributed by atoms with E-state index in [1.54, 1.807) is 12.1 Å². The summed E-state index contributed by atoms with van der Waals surface area (Å²) in [5, 5.41) is 12.8. The fourth-order valence-corrected chi connectivity index (χ4v) is 4.35. The Balaban J connectivity index is 1.64. The van der Waals surface area contributed by atoms with E-state index in [0.717, 1.165) is 0 Å². The Morgan fingerprint density at radius 3 is 2.74 bits per heavy atom. The number of benzene rings is 1. The van der Waals surface area contributed by atoms with Crippen LogP contribution in [0.2, 0.25) is 0 Å². The van der Waals surface area contributed by atoms with Gasteiger partial charge >= 0.3 is 5.97 Å². The minimum atomic E-state index is -3.79. The molecule has 1 aliphatic rings. The third-order valence-electron chi connectivity index (χ3n) is 4.66. The lowest BCUT2D eigenvalue weighted by Gasteiger charge is -2.41. The second kappa shape index (κ2) is 7.75. The highest BCUT2D eigenvalue weighted by Gasteiger charge is 2.36. The third-order valence-corrected chi connectivity index (χ3v) is 6.14. The van der Waals surface area contributed by atoms with Crippen molar-refractivity contribution in [1.29, 1.82) is 0 Å². The van der Waals surface area contributed by atoms with Gasteiger partial charge in [0.1, 0.15) is 16.4 Å². The van der Waals surface area contributed by atoms with Gasteiger partial charge in [-0.25, -0.2) is 22.2 Å². The summed E-state index contributed by atoms with van der Waals surface area (Å²) in [6, 6.07) is 5.73. The molecule has 8 nitrogen and oxygen atoms in total. The van der Waals surface area contributed by atoms with Gasteiger partial charge in [0.25, 0.3) is 0 Å². The predicted octanol–water partition coefficient (Wildman–Crippen LogP) is 1.23. The maximum Gasteiger partial charge on any atom is 0.317 e. The lowest BCUT2D eigenvalue weighted by Crippen LogP contribution is -2.54. The average molecular weight is 396 g/mol. The van der Waals surface area contributed by atoms with Crippen molar-refractivity contribution < 1.29 is 22.7 Å². The molecule has 1 aliphatic carbocycles. The fourth-order valence-electron chi connectivity index (χ4n) is 3.16. The number of likely N-dealkylation sites (N-methyl/N-ethyl adjacent to an activating group) is 1. The Kier molecular flexibility index (Phi) is 5.59. The summed E-state index contributed by atoms with van der Waals surface area (Å²) in [6.07, 6.45) is 3.52. The Morgan fingerprint density at radius 1 is 1.41 bits per heavy atom. The fraction of sp³-hybridized carbons (Fsp3) is 0.412. The monoisotopic (exact) mass is 396 g/mol. The highest BCUT2D eigenvalue weighted by atomic mass is 32.2. The van der Waals surface area contributed by atoms with Crippen LogP contribution in [-0.2, 0) is 14.8 Å². The largest absolute Gasteiger partial charge is 0.480 e. The molecule has 0 radical (unpaired) electrons. The number of nitrogens with zero attached hydrogens (tertiary/aromatic N) is 3. The lowest BCUT2D eigenvalue weighted by molar-refractivity contribution is -0.139. The molecule has 0 unspecified atom stereocenters. The molecule has 0 aliphatic heterocycles. The number of hydrogen-bond acceptors (Lipinski definition) is 5. The molecule has 1 fully saturated rings. The van der Waals surface area contributed by atoms with Crippen molar-refractivity contribution in [2.45, 2.75) is 36.7 Å². The molecule has 1 aromatic carbocycles. The van der Waals surface area contributed by atoms with Crippen LogP contribution in [0.15, 0.2) is 41.6 Å². The van der Waals surface area contributed by atoms with E-state index in [1.165, 1.54) is 29.2 Å². The van der Waals surface area contributed by atoms with Crippen LogP contribution in [0.25, 0.3) is 5.69 Å². The van der Waals surface area contributed by atoms with Crippen LogP contribution in [-0.4, -0.2) is 59.3 Å². The first-order valence-electron chi connectivity index (χ1n) is 8.58. The molecule has 1 saturated carbocycles. The van der Waals surface area contributed by atoms with E-state index in [2.05, 4.69) is 9.82 Å². The summed E-state index contributed by atoms with van der Waals surface area (Å²) in [7, 11) is -3.79. The van der Waals surface area contributed by atoms with E-state index in [-0.39, 0.29) is 29.2 Å². The van der Waals surface area contributed by atoms with Crippen LogP contribution in [0.3, 0.4) is 0 Å². The number of nitrogens with one attached hydrogen (secondary N) is 1. The number of rotatable bonds is 8. The maximum atomic E-state index is 13.8. The molecular formula is C17H21FN4O4S. The second-order valence-corrected chi connectivity index (χ2v) is 8.19. The molecule has 2 aromatic rings. The van der Waals surface area contributed by atoms with E-state index in [4.69, 9.17) is 5.11 Å². The van der Waals surface area contributed by atoms with Crippen molar-refractivity contribution in [3.8, 4) is 5.69 Å². The molecule has 0 atom stereocenters. The lowest BCUT2D eigenvalue weighted by atomic mass is 9.86. The Bertz CT molecular complexity index is 925. The van der Waals surface area contributed by atoms with Crippen LogP contribution in [0.4, 0.5) is 4.39 Å². The number of aromatic nitrogens is 2. The van der Waals surface area contributed by atoms with Crippen molar-refractivity contribution >= 4 is 16.0 Å². The minimum absolute atomic E-state index is 0.0416. The number of carboxylic acid groups (broad SMARTS) is 1. The Morgan fingerprint density at radius 2 is 2.11 bits per heavy atom. The number of carboxylic acids is 1. The summed E-state index contributed by atoms with van der Waals surface area (Å²) in [5.41, 5.74) is 0.162. The molecule has 27 heavy (non-hydrogen) atoms. The zero-order chi connectivity index (χ0) is 19.6. The number of hydrogen-bond donors (Lipinski definition) is 2. The summed E-state index contributed by atoms with van der Waals surface area (Å²) in [6.45, 7) is 2.40. The molecular weight excluding hydrogens is 375 g/mol. The first-order valence-corrected chi connectivity index (χ1v) is 10.1. The summed E-state index contributed by atoms with van der Waals surface area (Å²) in [4.78, 5) is 12.6. The standard InChI is InChI=1S/C17H21FN4O4S/c1-2-21(11-17(23)24)13-7-12(8-13)20-27(25,26)14-9-19-22(10-14)16-6-4-3-5-15(16)18/h3-6,9-10,12-13,20H,2,7-8,11H2,1H3,(H,23,24). The maximum absolute atomic E-state index is 13.8. The number of carbonyl (C=O) groups is 1.